The third kappa shape index (κ3) is 74.9. The number of hydrogen-bond acceptors (Lipinski definition) is 15. The summed E-state index contributed by atoms with van der Waals surface area (Å²) in [6.45, 7) is 12.0. The van der Waals surface area contributed by atoms with Crippen molar-refractivity contribution in [3.63, 3.8) is 0 Å². The third-order valence-corrected chi connectivity index (χ3v) is 21.6. The van der Waals surface area contributed by atoms with E-state index in [0.717, 1.165) is 114 Å². The SMILES string of the molecule is CCCCCCCCCCCCCCCCCC(=O)O[C@H](COC(=O)CCCCCCCCC(C)CC)COP(=O)(O)OC[C@H](O)COP(=O)(O)OC[C@@H](COC(=O)CCCCCCCCCCCCCCCCCC(C)C)OC(=O)CCCCCCCCCCCCCCCCCCC(C)C. The molecule has 0 spiro atoms. The first-order valence-corrected chi connectivity index (χ1v) is 45.9. The molecule has 17 nitrogen and oxygen atoms in total. The molecule has 102 heavy (non-hydrogen) atoms. The lowest BCUT2D eigenvalue weighted by Gasteiger charge is -2.21. The number of rotatable bonds is 81. The van der Waals surface area contributed by atoms with Crippen molar-refractivity contribution in [3.05, 3.63) is 0 Å². The number of aliphatic hydroxyl groups excluding tert-OH is 1. The first-order chi connectivity index (χ1) is 49.3. The molecule has 0 radical (unpaired) electrons. The van der Waals surface area contributed by atoms with E-state index in [9.17, 15) is 43.2 Å². The van der Waals surface area contributed by atoms with Gasteiger partial charge < -0.3 is 33.8 Å². The topological polar surface area (TPSA) is 237 Å². The maximum atomic E-state index is 13.1. The van der Waals surface area contributed by atoms with Crippen molar-refractivity contribution in [1.82, 2.24) is 0 Å². The van der Waals surface area contributed by atoms with Crippen molar-refractivity contribution in [2.75, 3.05) is 39.6 Å². The molecule has 0 aliphatic carbocycles. The lowest BCUT2D eigenvalue weighted by atomic mass is 10.00. The lowest BCUT2D eigenvalue weighted by Crippen LogP contribution is -2.30. The first-order valence-electron chi connectivity index (χ1n) is 42.9. The fourth-order valence-corrected chi connectivity index (χ4v) is 14.4. The Morgan fingerprint density at radius 3 is 0.745 bits per heavy atom. The van der Waals surface area contributed by atoms with E-state index in [0.29, 0.717) is 25.7 Å². The summed E-state index contributed by atoms with van der Waals surface area (Å²) in [6.07, 6.45) is 62.4. The molecule has 0 saturated heterocycles. The Labute approximate surface area is 626 Å². The van der Waals surface area contributed by atoms with Gasteiger partial charge in [-0.2, -0.15) is 0 Å². The molecule has 0 amide bonds. The highest BCUT2D eigenvalue weighted by Gasteiger charge is 2.30. The second-order valence-electron chi connectivity index (χ2n) is 31.1. The van der Waals surface area contributed by atoms with E-state index in [2.05, 4.69) is 48.5 Å². The van der Waals surface area contributed by atoms with Crippen molar-refractivity contribution in [2.24, 2.45) is 17.8 Å². The van der Waals surface area contributed by atoms with E-state index >= 15 is 0 Å². The minimum absolute atomic E-state index is 0.107. The van der Waals surface area contributed by atoms with Crippen LogP contribution in [-0.4, -0.2) is 96.7 Å². The zero-order valence-electron chi connectivity index (χ0n) is 67.1. The molecule has 0 bridgehead atoms. The van der Waals surface area contributed by atoms with Crippen molar-refractivity contribution in [3.8, 4) is 0 Å². The molecule has 0 rings (SSSR count). The van der Waals surface area contributed by atoms with Crippen LogP contribution in [0.25, 0.3) is 0 Å². The van der Waals surface area contributed by atoms with Gasteiger partial charge in [-0.1, -0.05) is 382 Å². The third-order valence-electron chi connectivity index (χ3n) is 19.7. The Morgan fingerprint density at radius 1 is 0.284 bits per heavy atom. The molecule has 6 atom stereocenters. The maximum absolute atomic E-state index is 13.1. The monoisotopic (exact) mass is 1490 g/mol. The highest BCUT2D eigenvalue weighted by molar-refractivity contribution is 7.47. The van der Waals surface area contributed by atoms with E-state index in [1.807, 2.05) is 0 Å². The molecular weight excluding hydrogens is 1330 g/mol. The van der Waals surface area contributed by atoms with Crippen LogP contribution in [0.1, 0.15) is 434 Å². The molecule has 19 heteroatoms. The number of unbranched alkanes of at least 4 members (excludes halogenated alkanes) is 48. The van der Waals surface area contributed by atoms with Crippen LogP contribution in [0.5, 0.6) is 0 Å². The number of ether oxygens (including phenoxy) is 4. The smallest absolute Gasteiger partial charge is 0.462 e. The van der Waals surface area contributed by atoms with Crippen LogP contribution in [0.3, 0.4) is 0 Å². The Morgan fingerprint density at radius 2 is 0.500 bits per heavy atom. The molecule has 0 aromatic heterocycles. The second kappa shape index (κ2) is 73.2. The Hall–Kier alpha value is -1.94. The molecule has 0 aliphatic heterocycles. The van der Waals surface area contributed by atoms with Crippen LogP contribution in [-0.2, 0) is 65.4 Å². The quantitative estimate of drug-likeness (QED) is 0.0222. The van der Waals surface area contributed by atoms with Gasteiger partial charge in [-0.15, -0.1) is 0 Å². The van der Waals surface area contributed by atoms with E-state index in [1.165, 1.54) is 238 Å². The number of hydrogen-bond donors (Lipinski definition) is 3. The van der Waals surface area contributed by atoms with Crippen LogP contribution in [0, 0.1) is 17.8 Å². The van der Waals surface area contributed by atoms with Gasteiger partial charge in [-0.05, 0) is 43.4 Å². The van der Waals surface area contributed by atoms with Crippen molar-refractivity contribution in [1.29, 1.82) is 0 Å². The largest absolute Gasteiger partial charge is 0.472 e. The van der Waals surface area contributed by atoms with Crippen LogP contribution < -0.4 is 0 Å². The minimum Gasteiger partial charge on any atom is -0.462 e. The number of phosphoric ester groups is 2. The van der Waals surface area contributed by atoms with Crippen molar-refractivity contribution >= 4 is 39.5 Å². The molecule has 0 fully saturated rings. The Kier molecular flexibility index (Phi) is 71.8. The van der Waals surface area contributed by atoms with Crippen LogP contribution in [0.2, 0.25) is 0 Å². The average molecular weight is 1490 g/mol. The summed E-state index contributed by atoms with van der Waals surface area (Å²) in [5.74, 6) is 0.238. The van der Waals surface area contributed by atoms with Gasteiger partial charge in [0, 0.05) is 25.7 Å². The van der Waals surface area contributed by atoms with Gasteiger partial charge >= 0.3 is 39.5 Å². The number of aliphatic hydroxyl groups is 1. The van der Waals surface area contributed by atoms with E-state index in [4.69, 9.17) is 37.0 Å². The number of carbonyl (C=O) groups is 4. The van der Waals surface area contributed by atoms with Crippen LogP contribution in [0.4, 0.5) is 0 Å². The number of esters is 4. The summed E-state index contributed by atoms with van der Waals surface area (Å²) in [7, 11) is -9.92. The van der Waals surface area contributed by atoms with Gasteiger partial charge in [-0.3, -0.25) is 37.3 Å². The van der Waals surface area contributed by atoms with Crippen molar-refractivity contribution in [2.45, 2.75) is 452 Å². The predicted molar refractivity (Wildman–Crippen MR) is 418 cm³/mol. The molecular formula is C83H162O17P2. The fourth-order valence-electron chi connectivity index (χ4n) is 12.8. The van der Waals surface area contributed by atoms with Gasteiger partial charge in [0.05, 0.1) is 26.4 Å². The summed E-state index contributed by atoms with van der Waals surface area (Å²) >= 11 is 0. The molecule has 0 heterocycles. The van der Waals surface area contributed by atoms with E-state index in [1.54, 1.807) is 0 Å². The van der Waals surface area contributed by atoms with Gasteiger partial charge in [0.2, 0.25) is 0 Å². The summed E-state index contributed by atoms with van der Waals surface area (Å²) in [5, 5.41) is 10.7. The highest BCUT2D eigenvalue weighted by Crippen LogP contribution is 2.45. The predicted octanol–water partition coefficient (Wildman–Crippen LogP) is 24.9. The molecule has 0 aromatic rings. The zero-order valence-corrected chi connectivity index (χ0v) is 68.9. The highest BCUT2D eigenvalue weighted by atomic mass is 31.2. The molecule has 3 N–H and O–H groups in total. The molecule has 0 aromatic carbocycles. The zero-order chi connectivity index (χ0) is 75.1. The maximum Gasteiger partial charge on any atom is 0.472 e. The van der Waals surface area contributed by atoms with Crippen LogP contribution in [0.15, 0.2) is 0 Å². The summed E-state index contributed by atoms with van der Waals surface area (Å²) < 4.78 is 68.8. The number of carbonyl (C=O) groups excluding carboxylic acids is 4. The standard InChI is InChI=1S/C83H162O17P2/c1-8-10-11-12-13-14-15-16-20-28-33-38-43-52-59-67-83(88)100-79(71-94-81(86)65-58-51-46-45-49-56-63-76(7)9-2)73-98-102(91,92)96-69-77(84)68-95-101(89,90)97-72-78(70-93-80(85)64-57-50-42-37-32-27-24-19-22-26-31-36-41-48-55-62-75(5)6)99-82(87)66-60-53-44-39-34-29-23-18-17-21-25-30-35-40-47-54-61-74(3)4/h74-79,84H,8-73H2,1-7H3,(H,89,90)(H,91,92)/t76?,77-,78-,79-/m1/s1. The normalized spacial score (nSPS) is 14.2. The van der Waals surface area contributed by atoms with Gasteiger partial charge in [0.15, 0.2) is 12.2 Å². The molecule has 606 valence electrons. The molecule has 3 unspecified atom stereocenters. The first kappa shape index (κ1) is 100. The van der Waals surface area contributed by atoms with Gasteiger partial charge in [0.25, 0.3) is 0 Å². The lowest BCUT2D eigenvalue weighted by molar-refractivity contribution is -0.161. The second-order valence-corrected chi connectivity index (χ2v) is 34.0. The minimum atomic E-state index is -4.96. The van der Waals surface area contributed by atoms with Gasteiger partial charge in [0.1, 0.15) is 19.3 Å². The van der Waals surface area contributed by atoms with E-state index in [-0.39, 0.29) is 25.7 Å². The Balaban J connectivity index is 5.24. The summed E-state index contributed by atoms with van der Waals surface area (Å²) in [6, 6.07) is 0. The van der Waals surface area contributed by atoms with Gasteiger partial charge in [-0.25, -0.2) is 9.13 Å². The average Bonchev–Trinajstić information content (AvgIpc) is 0.951. The van der Waals surface area contributed by atoms with E-state index < -0.39 is 97.5 Å². The molecule has 0 aliphatic rings. The van der Waals surface area contributed by atoms with Crippen LogP contribution >= 0.6 is 15.6 Å². The number of phosphoric acid groups is 2. The fraction of sp³-hybridized carbons (Fsp3) is 0.952. The Bertz CT molecular complexity index is 1980. The van der Waals surface area contributed by atoms with Crippen molar-refractivity contribution < 1.29 is 80.2 Å². The summed E-state index contributed by atoms with van der Waals surface area (Å²) in [5.41, 5.74) is 0. The summed E-state index contributed by atoms with van der Waals surface area (Å²) in [4.78, 5) is 73.1. The molecule has 0 saturated carbocycles.